The topological polar surface area (TPSA) is 67.2 Å². The molecule has 5 heteroatoms. The van der Waals surface area contributed by atoms with Crippen LogP contribution in [0.4, 0.5) is 0 Å². The van der Waals surface area contributed by atoms with Crippen molar-refractivity contribution in [3.8, 4) is 0 Å². The number of aliphatic hydroxyl groups is 1. The lowest BCUT2D eigenvalue weighted by Crippen LogP contribution is -2.35. The molecule has 26 heavy (non-hydrogen) atoms. The maximum Gasteiger partial charge on any atom is 0.240 e. The predicted octanol–water partition coefficient (Wildman–Crippen LogP) is 3.23. The van der Waals surface area contributed by atoms with Crippen molar-refractivity contribution in [2.75, 3.05) is 0 Å². The molecule has 0 aliphatic rings. The Morgan fingerprint density at radius 2 is 1.81 bits per heavy atom. The average Bonchev–Trinajstić information content (AvgIpc) is 3.00. The zero-order valence-electron chi connectivity index (χ0n) is 15.2. The van der Waals surface area contributed by atoms with Gasteiger partial charge in [0.05, 0.1) is 11.0 Å². The minimum Gasteiger partial charge on any atom is -0.385 e. The van der Waals surface area contributed by atoms with E-state index in [9.17, 15) is 9.90 Å². The van der Waals surface area contributed by atoms with Gasteiger partial charge in [-0.25, -0.2) is 4.98 Å². The zero-order valence-corrected chi connectivity index (χ0v) is 15.2. The van der Waals surface area contributed by atoms with E-state index in [2.05, 4.69) is 22.4 Å². The monoisotopic (exact) mass is 351 g/mol. The highest BCUT2D eigenvalue weighted by Crippen LogP contribution is 2.20. The average molecular weight is 351 g/mol. The molecule has 3 rings (SSSR count). The van der Waals surface area contributed by atoms with E-state index in [0.717, 1.165) is 23.9 Å². The molecule has 0 bridgehead atoms. The Morgan fingerprint density at radius 3 is 2.54 bits per heavy atom. The number of aliphatic hydroxyl groups excluding tert-OH is 1. The fraction of sp³-hybridized carbons (Fsp3) is 0.333. The second-order valence-corrected chi connectivity index (χ2v) is 6.71. The van der Waals surface area contributed by atoms with Gasteiger partial charge in [-0.3, -0.25) is 4.79 Å². The van der Waals surface area contributed by atoms with E-state index in [1.807, 2.05) is 49.4 Å². The van der Waals surface area contributed by atoms with Gasteiger partial charge in [0.2, 0.25) is 5.91 Å². The molecule has 2 N–H and O–H groups in total. The van der Waals surface area contributed by atoms with Crippen molar-refractivity contribution in [2.45, 2.75) is 45.4 Å². The van der Waals surface area contributed by atoms with Crippen LogP contribution in [0.5, 0.6) is 0 Å². The number of aryl methyl sites for hydroxylation is 1. The van der Waals surface area contributed by atoms with Crippen LogP contribution < -0.4 is 5.32 Å². The second kappa shape index (κ2) is 8.15. The molecule has 0 saturated heterocycles. The molecule has 1 aromatic heterocycles. The highest BCUT2D eigenvalue weighted by Gasteiger charge is 2.17. The number of aromatic nitrogens is 2. The van der Waals surface area contributed by atoms with Crippen LogP contribution in [0, 0.1) is 0 Å². The summed E-state index contributed by atoms with van der Waals surface area (Å²) in [5.41, 5.74) is 2.91. The Hall–Kier alpha value is -2.66. The van der Waals surface area contributed by atoms with Crippen molar-refractivity contribution in [3.05, 3.63) is 66.0 Å². The van der Waals surface area contributed by atoms with E-state index < -0.39 is 6.10 Å². The summed E-state index contributed by atoms with van der Waals surface area (Å²) >= 11 is 0. The molecule has 0 saturated carbocycles. The van der Waals surface area contributed by atoms with Gasteiger partial charge in [-0.2, -0.15) is 0 Å². The molecule has 1 amide bonds. The van der Waals surface area contributed by atoms with Crippen molar-refractivity contribution in [2.24, 2.45) is 0 Å². The number of fused-ring (bicyclic) bond motifs is 1. The van der Waals surface area contributed by atoms with Crippen LogP contribution in [0.25, 0.3) is 11.0 Å². The maximum atomic E-state index is 12.5. The summed E-state index contributed by atoms with van der Waals surface area (Å²) < 4.78 is 1.79. The summed E-state index contributed by atoms with van der Waals surface area (Å²) in [6.45, 7) is 3.83. The number of carbonyl (C=O) groups excluding carboxylic acids is 1. The first-order valence-corrected chi connectivity index (χ1v) is 9.01. The SMILES string of the molecule is C[C@H](O)c1nc2ccccc2n1CC(=O)N[C@@H](C)CCc1ccccc1. The Labute approximate surface area is 153 Å². The molecular formula is C21H25N3O2. The van der Waals surface area contributed by atoms with Gasteiger partial charge in [0.15, 0.2) is 0 Å². The first kappa shape index (κ1) is 18.1. The van der Waals surface area contributed by atoms with Crippen molar-refractivity contribution < 1.29 is 9.90 Å². The van der Waals surface area contributed by atoms with Crippen LogP contribution >= 0.6 is 0 Å². The van der Waals surface area contributed by atoms with E-state index in [1.54, 1.807) is 11.5 Å². The number of nitrogens with zero attached hydrogens (tertiary/aromatic N) is 2. The normalized spacial score (nSPS) is 13.5. The highest BCUT2D eigenvalue weighted by molar-refractivity contribution is 5.81. The molecule has 136 valence electrons. The lowest BCUT2D eigenvalue weighted by molar-refractivity contribution is -0.122. The van der Waals surface area contributed by atoms with Crippen LogP contribution in [-0.4, -0.2) is 26.6 Å². The molecule has 1 heterocycles. The molecule has 3 aromatic rings. The molecule has 2 atom stereocenters. The van der Waals surface area contributed by atoms with Crippen LogP contribution in [0.2, 0.25) is 0 Å². The third kappa shape index (κ3) is 4.29. The smallest absolute Gasteiger partial charge is 0.240 e. The summed E-state index contributed by atoms with van der Waals surface area (Å²) in [6.07, 6.45) is 1.07. The Morgan fingerprint density at radius 1 is 1.12 bits per heavy atom. The van der Waals surface area contributed by atoms with Crippen LogP contribution in [0.15, 0.2) is 54.6 Å². The summed E-state index contributed by atoms with van der Waals surface area (Å²) in [6, 6.07) is 17.9. The van der Waals surface area contributed by atoms with Crippen LogP contribution in [0.3, 0.4) is 0 Å². The standard InChI is InChI=1S/C21H25N3O2/c1-15(12-13-17-8-4-3-5-9-17)22-20(26)14-24-19-11-7-6-10-18(19)23-21(24)16(2)25/h3-11,15-16,25H,12-14H2,1-2H3,(H,22,26)/t15-,16-/m0/s1. The van der Waals surface area contributed by atoms with E-state index in [-0.39, 0.29) is 18.5 Å². The van der Waals surface area contributed by atoms with E-state index in [4.69, 9.17) is 0 Å². The van der Waals surface area contributed by atoms with Crippen LogP contribution in [0.1, 0.15) is 37.8 Å². The molecule has 5 nitrogen and oxygen atoms in total. The summed E-state index contributed by atoms with van der Waals surface area (Å²) in [4.78, 5) is 17.0. The zero-order chi connectivity index (χ0) is 18.5. The first-order valence-electron chi connectivity index (χ1n) is 9.01. The molecule has 0 aliphatic carbocycles. The van der Waals surface area contributed by atoms with Crippen molar-refractivity contribution in [1.82, 2.24) is 14.9 Å². The van der Waals surface area contributed by atoms with E-state index in [1.165, 1.54) is 5.56 Å². The number of benzene rings is 2. The van der Waals surface area contributed by atoms with Gasteiger partial charge in [-0.05, 0) is 44.4 Å². The number of hydrogen-bond acceptors (Lipinski definition) is 3. The third-order valence-electron chi connectivity index (χ3n) is 4.48. The Balaban J connectivity index is 1.64. The molecule has 0 spiro atoms. The Bertz CT molecular complexity index is 871. The minimum atomic E-state index is -0.731. The largest absolute Gasteiger partial charge is 0.385 e. The quantitative estimate of drug-likeness (QED) is 0.687. The predicted molar refractivity (Wildman–Crippen MR) is 103 cm³/mol. The van der Waals surface area contributed by atoms with Crippen molar-refractivity contribution in [3.63, 3.8) is 0 Å². The van der Waals surface area contributed by atoms with Gasteiger partial charge in [0.25, 0.3) is 0 Å². The molecule has 0 radical (unpaired) electrons. The summed E-state index contributed by atoms with van der Waals surface area (Å²) in [5, 5.41) is 13.0. The fourth-order valence-corrected chi connectivity index (χ4v) is 3.14. The van der Waals surface area contributed by atoms with Crippen LogP contribution in [-0.2, 0) is 17.8 Å². The van der Waals surface area contributed by atoms with Crippen molar-refractivity contribution >= 4 is 16.9 Å². The summed E-state index contributed by atoms with van der Waals surface area (Å²) in [5.74, 6) is 0.439. The van der Waals surface area contributed by atoms with Gasteiger partial charge < -0.3 is 15.0 Å². The fourth-order valence-electron chi connectivity index (χ4n) is 3.14. The van der Waals surface area contributed by atoms with E-state index in [0.29, 0.717) is 5.82 Å². The van der Waals surface area contributed by atoms with Gasteiger partial charge >= 0.3 is 0 Å². The number of nitrogens with one attached hydrogen (secondary N) is 1. The lowest BCUT2D eigenvalue weighted by atomic mass is 10.1. The number of para-hydroxylation sites is 2. The minimum absolute atomic E-state index is 0.0735. The maximum absolute atomic E-state index is 12.5. The lowest BCUT2D eigenvalue weighted by Gasteiger charge is -2.16. The van der Waals surface area contributed by atoms with E-state index >= 15 is 0 Å². The second-order valence-electron chi connectivity index (χ2n) is 6.71. The number of imidazole rings is 1. The molecule has 0 fully saturated rings. The van der Waals surface area contributed by atoms with Crippen molar-refractivity contribution in [1.29, 1.82) is 0 Å². The number of rotatable bonds is 7. The third-order valence-corrected chi connectivity index (χ3v) is 4.48. The molecule has 2 aromatic carbocycles. The van der Waals surface area contributed by atoms with Gasteiger partial charge in [-0.15, -0.1) is 0 Å². The van der Waals surface area contributed by atoms with Gasteiger partial charge in [-0.1, -0.05) is 42.5 Å². The molecular weight excluding hydrogens is 326 g/mol. The molecule has 0 aliphatic heterocycles. The highest BCUT2D eigenvalue weighted by atomic mass is 16.3. The van der Waals surface area contributed by atoms with Gasteiger partial charge in [0.1, 0.15) is 18.5 Å². The molecule has 0 unspecified atom stereocenters. The number of carbonyl (C=O) groups is 1. The number of amides is 1. The first-order chi connectivity index (χ1) is 12.5. The number of hydrogen-bond donors (Lipinski definition) is 2. The summed E-state index contributed by atoms with van der Waals surface area (Å²) in [7, 11) is 0. The van der Waals surface area contributed by atoms with Gasteiger partial charge in [0, 0.05) is 6.04 Å². The Kier molecular flexibility index (Phi) is 5.68.